The molecule has 6 heteroatoms. The number of aromatic nitrogens is 3. The number of unbranched alkanes of at least 4 members (excludes halogenated alkanes) is 1. The first-order valence-electron chi connectivity index (χ1n) is 6.30. The van der Waals surface area contributed by atoms with E-state index in [-0.39, 0.29) is 6.61 Å². The van der Waals surface area contributed by atoms with Crippen molar-refractivity contribution in [1.82, 2.24) is 20.5 Å². The number of nitrogens with zero attached hydrogens (tertiary/aromatic N) is 3. The molecule has 0 saturated carbocycles. The zero-order valence-electron chi connectivity index (χ0n) is 10.3. The van der Waals surface area contributed by atoms with Crippen molar-refractivity contribution in [2.24, 2.45) is 0 Å². The van der Waals surface area contributed by atoms with Crippen molar-refractivity contribution in [2.75, 3.05) is 31.1 Å². The normalized spacial score (nSPS) is 20.8. The zero-order chi connectivity index (χ0) is 12.1. The third-order valence-corrected chi connectivity index (χ3v) is 2.99. The Kier molecular flexibility index (Phi) is 4.33. The Hall–Kier alpha value is -1.14. The molecule has 2 rings (SSSR count). The van der Waals surface area contributed by atoms with Gasteiger partial charge in [0.15, 0.2) is 0 Å². The second-order valence-electron chi connectivity index (χ2n) is 4.56. The summed E-state index contributed by atoms with van der Waals surface area (Å²) in [6, 6.07) is 0.486. The van der Waals surface area contributed by atoms with Gasteiger partial charge >= 0.3 is 0 Å². The minimum absolute atomic E-state index is 0.246. The van der Waals surface area contributed by atoms with E-state index in [4.69, 9.17) is 5.11 Å². The Morgan fingerprint density at radius 2 is 2.35 bits per heavy atom. The molecule has 1 aliphatic rings. The lowest BCUT2D eigenvalue weighted by Gasteiger charge is -2.30. The minimum Gasteiger partial charge on any atom is -0.396 e. The Morgan fingerprint density at radius 3 is 3.12 bits per heavy atom. The number of hydrogen-bond donors (Lipinski definition) is 3. The fraction of sp³-hybridized carbons (Fsp3) is 0.818. The van der Waals surface area contributed by atoms with Gasteiger partial charge in [-0.3, -0.25) is 5.10 Å². The Labute approximate surface area is 101 Å². The zero-order valence-corrected chi connectivity index (χ0v) is 10.3. The molecule has 1 aromatic rings. The van der Waals surface area contributed by atoms with E-state index in [9.17, 15) is 0 Å². The van der Waals surface area contributed by atoms with Crippen molar-refractivity contribution in [1.29, 1.82) is 0 Å². The van der Waals surface area contributed by atoms with Crippen molar-refractivity contribution in [3.8, 4) is 0 Å². The summed E-state index contributed by atoms with van der Waals surface area (Å²) >= 11 is 0. The summed E-state index contributed by atoms with van der Waals surface area (Å²) in [6.45, 7) is 5.30. The Bertz CT molecular complexity index is 340. The molecule has 1 saturated heterocycles. The summed E-state index contributed by atoms with van der Waals surface area (Å²) < 4.78 is 0. The lowest BCUT2D eigenvalue weighted by atomic mass is 10.2. The molecule has 17 heavy (non-hydrogen) atoms. The number of aromatic amines is 1. The first kappa shape index (κ1) is 12.3. The van der Waals surface area contributed by atoms with Crippen LogP contribution in [0.1, 0.15) is 25.6 Å². The number of nitrogens with one attached hydrogen (secondary N) is 2. The molecular weight excluding hydrogens is 218 g/mol. The van der Waals surface area contributed by atoms with Crippen LogP contribution in [0.2, 0.25) is 0 Å². The molecule has 1 aromatic heterocycles. The SMILES string of the molecule is C[C@H]1CN(c2n[nH]c(CCCCO)n2)CCN1. The van der Waals surface area contributed by atoms with Crippen LogP contribution in [-0.2, 0) is 6.42 Å². The first-order chi connectivity index (χ1) is 8.29. The molecule has 0 unspecified atom stereocenters. The highest BCUT2D eigenvalue weighted by molar-refractivity contribution is 5.30. The highest BCUT2D eigenvalue weighted by atomic mass is 16.2. The van der Waals surface area contributed by atoms with E-state index in [2.05, 4.69) is 32.3 Å². The van der Waals surface area contributed by atoms with Gasteiger partial charge in [0.25, 0.3) is 0 Å². The number of anilines is 1. The van der Waals surface area contributed by atoms with Gasteiger partial charge in [-0.15, -0.1) is 5.10 Å². The molecule has 0 aromatic carbocycles. The highest BCUT2D eigenvalue weighted by Crippen LogP contribution is 2.10. The summed E-state index contributed by atoms with van der Waals surface area (Å²) in [5.74, 6) is 1.72. The van der Waals surface area contributed by atoms with Crippen molar-refractivity contribution < 1.29 is 5.11 Å². The van der Waals surface area contributed by atoms with Crippen LogP contribution in [0.15, 0.2) is 0 Å². The lowest BCUT2D eigenvalue weighted by Crippen LogP contribution is -2.49. The van der Waals surface area contributed by atoms with Crippen LogP contribution in [0.25, 0.3) is 0 Å². The molecule has 1 aliphatic heterocycles. The molecular formula is C11H21N5O. The number of piperazine rings is 1. The largest absolute Gasteiger partial charge is 0.396 e. The van der Waals surface area contributed by atoms with Crippen molar-refractivity contribution >= 4 is 5.95 Å². The van der Waals surface area contributed by atoms with Gasteiger partial charge < -0.3 is 15.3 Å². The maximum atomic E-state index is 8.72. The van der Waals surface area contributed by atoms with E-state index in [0.717, 1.165) is 50.7 Å². The smallest absolute Gasteiger partial charge is 0.244 e. The molecule has 2 heterocycles. The van der Waals surface area contributed by atoms with Crippen LogP contribution in [0.3, 0.4) is 0 Å². The van der Waals surface area contributed by atoms with Gasteiger partial charge in [0.1, 0.15) is 5.82 Å². The standard InChI is InChI=1S/C11H21N5O/c1-9-8-16(6-5-12-9)11-13-10(14-15-11)4-2-3-7-17/h9,12,17H,2-8H2,1H3,(H,13,14,15)/t9-/m0/s1. The van der Waals surface area contributed by atoms with Crippen LogP contribution in [0, 0.1) is 0 Å². The second kappa shape index (κ2) is 5.97. The fourth-order valence-electron chi connectivity index (χ4n) is 2.06. The van der Waals surface area contributed by atoms with Crippen molar-refractivity contribution in [3.05, 3.63) is 5.82 Å². The van der Waals surface area contributed by atoms with Gasteiger partial charge in [-0.2, -0.15) is 4.98 Å². The maximum Gasteiger partial charge on any atom is 0.244 e. The predicted octanol–water partition coefficient (Wildman–Crippen LogP) is -0.0822. The number of aryl methyl sites for hydroxylation is 1. The van der Waals surface area contributed by atoms with Crippen LogP contribution < -0.4 is 10.2 Å². The highest BCUT2D eigenvalue weighted by Gasteiger charge is 2.18. The monoisotopic (exact) mass is 239 g/mol. The second-order valence-corrected chi connectivity index (χ2v) is 4.56. The van der Waals surface area contributed by atoms with Gasteiger partial charge in [0.2, 0.25) is 5.95 Å². The number of H-pyrrole nitrogens is 1. The average Bonchev–Trinajstić information content (AvgIpc) is 2.78. The first-order valence-corrected chi connectivity index (χ1v) is 6.30. The van der Waals surface area contributed by atoms with Gasteiger partial charge in [0, 0.05) is 38.7 Å². The van der Waals surface area contributed by atoms with Crippen molar-refractivity contribution in [2.45, 2.75) is 32.2 Å². The summed E-state index contributed by atoms with van der Waals surface area (Å²) in [5.41, 5.74) is 0. The molecule has 3 N–H and O–H groups in total. The number of rotatable bonds is 5. The van der Waals surface area contributed by atoms with Gasteiger partial charge in [0.05, 0.1) is 0 Å². The summed E-state index contributed by atoms with van der Waals surface area (Å²) in [7, 11) is 0. The third-order valence-electron chi connectivity index (χ3n) is 2.99. The van der Waals surface area contributed by atoms with Gasteiger partial charge in [-0.05, 0) is 19.8 Å². The molecule has 0 bridgehead atoms. The average molecular weight is 239 g/mol. The predicted molar refractivity (Wildman–Crippen MR) is 66.1 cm³/mol. The molecule has 96 valence electrons. The van der Waals surface area contributed by atoms with E-state index in [0.29, 0.717) is 6.04 Å². The molecule has 0 amide bonds. The topological polar surface area (TPSA) is 77.1 Å². The fourth-order valence-corrected chi connectivity index (χ4v) is 2.06. The van der Waals surface area contributed by atoms with E-state index in [1.54, 1.807) is 0 Å². The molecule has 1 atom stereocenters. The van der Waals surface area contributed by atoms with E-state index in [1.165, 1.54) is 0 Å². The summed E-state index contributed by atoms with van der Waals surface area (Å²) in [5, 5.41) is 19.3. The molecule has 0 spiro atoms. The van der Waals surface area contributed by atoms with Crippen LogP contribution in [0.4, 0.5) is 5.95 Å². The van der Waals surface area contributed by atoms with Crippen molar-refractivity contribution in [3.63, 3.8) is 0 Å². The summed E-state index contributed by atoms with van der Waals surface area (Å²) in [6.07, 6.45) is 2.62. The summed E-state index contributed by atoms with van der Waals surface area (Å²) in [4.78, 5) is 6.69. The van der Waals surface area contributed by atoms with Crippen LogP contribution >= 0.6 is 0 Å². The lowest BCUT2D eigenvalue weighted by molar-refractivity contribution is 0.284. The van der Waals surface area contributed by atoms with E-state index < -0.39 is 0 Å². The Balaban J connectivity index is 1.88. The molecule has 0 radical (unpaired) electrons. The maximum absolute atomic E-state index is 8.72. The molecule has 6 nitrogen and oxygen atoms in total. The quantitative estimate of drug-likeness (QED) is 0.626. The van der Waals surface area contributed by atoms with E-state index >= 15 is 0 Å². The van der Waals surface area contributed by atoms with Gasteiger partial charge in [-0.1, -0.05) is 0 Å². The van der Waals surface area contributed by atoms with Crippen LogP contribution in [0.5, 0.6) is 0 Å². The van der Waals surface area contributed by atoms with E-state index in [1.807, 2.05) is 0 Å². The Morgan fingerprint density at radius 1 is 1.47 bits per heavy atom. The number of aliphatic hydroxyl groups excluding tert-OH is 1. The number of aliphatic hydroxyl groups is 1. The molecule has 0 aliphatic carbocycles. The van der Waals surface area contributed by atoms with Gasteiger partial charge in [-0.25, -0.2) is 0 Å². The molecule has 1 fully saturated rings. The minimum atomic E-state index is 0.246. The van der Waals surface area contributed by atoms with Crippen LogP contribution in [-0.4, -0.2) is 52.6 Å². The third kappa shape index (κ3) is 3.41. The number of hydrogen-bond acceptors (Lipinski definition) is 5.